The lowest BCUT2D eigenvalue weighted by molar-refractivity contribution is -0.116. The summed E-state index contributed by atoms with van der Waals surface area (Å²) in [6.45, 7) is 4.75. The van der Waals surface area contributed by atoms with Crippen LogP contribution >= 0.6 is 12.2 Å². The molecule has 2 atom stereocenters. The van der Waals surface area contributed by atoms with Crippen LogP contribution in [0.25, 0.3) is 0 Å². The summed E-state index contributed by atoms with van der Waals surface area (Å²) in [5.41, 5.74) is 5.31. The molecule has 0 bridgehead atoms. The molecule has 4 rings (SSSR count). The Morgan fingerprint density at radius 3 is 2.55 bits per heavy atom. The molecule has 1 aromatic carbocycles. The van der Waals surface area contributed by atoms with Gasteiger partial charge in [0.1, 0.15) is 0 Å². The van der Waals surface area contributed by atoms with Crippen LogP contribution in [0, 0.1) is 13.8 Å². The monoisotopic (exact) mass is 433 g/mol. The molecule has 1 aliphatic rings. The van der Waals surface area contributed by atoms with E-state index in [0.717, 1.165) is 11.4 Å². The first kappa shape index (κ1) is 21.1. The zero-order valence-corrected chi connectivity index (χ0v) is 18.8. The van der Waals surface area contributed by atoms with Crippen LogP contribution in [0.4, 0.5) is 5.69 Å². The van der Waals surface area contributed by atoms with E-state index in [4.69, 9.17) is 12.2 Å². The van der Waals surface area contributed by atoms with E-state index < -0.39 is 0 Å². The summed E-state index contributed by atoms with van der Waals surface area (Å²) in [7, 11) is 2.07. The van der Waals surface area contributed by atoms with Crippen molar-refractivity contribution in [2.75, 3.05) is 11.9 Å². The van der Waals surface area contributed by atoms with E-state index in [2.05, 4.69) is 52.0 Å². The molecule has 1 saturated heterocycles. The van der Waals surface area contributed by atoms with Gasteiger partial charge in [0.15, 0.2) is 5.11 Å². The largest absolute Gasteiger partial charge is 0.352 e. The van der Waals surface area contributed by atoms with Gasteiger partial charge in [-0.05, 0) is 62.0 Å². The molecule has 3 aromatic rings. The number of para-hydroxylation sites is 1. The van der Waals surface area contributed by atoms with Gasteiger partial charge in [-0.1, -0.05) is 24.3 Å². The summed E-state index contributed by atoms with van der Waals surface area (Å²) >= 11 is 5.71. The molecule has 1 fully saturated rings. The zero-order valence-electron chi connectivity index (χ0n) is 18.0. The van der Waals surface area contributed by atoms with E-state index in [1.54, 1.807) is 6.20 Å². The number of hydrogen-bond acceptors (Lipinski definition) is 3. The molecule has 0 spiro atoms. The van der Waals surface area contributed by atoms with Crippen molar-refractivity contribution in [1.29, 1.82) is 0 Å². The molecule has 2 aromatic heterocycles. The molecule has 0 saturated carbocycles. The van der Waals surface area contributed by atoms with Crippen molar-refractivity contribution < 1.29 is 4.79 Å². The molecular formula is C24H27N5OS. The predicted molar refractivity (Wildman–Crippen MR) is 127 cm³/mol. The van der Waals surface area contributed by atoms with Crippen molar-refractivity contribution in [3.05, 3.63) is 83.4 Å². The van der Waals surface area contributed by atoms with Crippen LogP contribution in [0.5, 0.6) is 0 Å². The Balaban J connectivity index is 1.59. The summed E-state index contributed by atoms with van der Waals surface area (Å²) in [5.74, 6) is -0.0324. The second kappa shape index (κ2) is 8.89. The minimum absolute atomic E-state index is 0.0324. The maximum Gasteiger partial charge on any atom is 0.226 e. The first-order valence-corrected chi connectivity index (χ1v) is 10.8. The number of aromatic nitrogens is 2. The Kier molecular flexibility index (Phi) is 6.04. The summed E-state index contributed by atoms with van der Waals surface area (Å²) in [6.07, 6.45) is 2.14. The standard InChI is InChI=1S/C24H27N5OS/c1-16-15-19(17(2)28(16)3)23-22(20-11-7-8-13-25-20)27-24(31)29(23)14-12-21(30)26-18-9-5-4-6-10-18/h4-11,13,15,22-23H,12,14H2,1-3H3,(H,26,30)(H,27,31)/t22-,23+/m1/s1. The van der Waals surface area contributed by atoms with E-state index in [1.165, 1.54) is 17.0 Å². The average Bonchev–Trinajstić information content (AvgIpc) is 3.24. The number of anilines is 1. The molecule has 2 N–H and O–H groups in total. The molecule has 6 nitrogen and oxygen atoms in total. The summed E-state index contributed by atoms with van der Waals surface area (Å²) in [5, 5.41) is 7.06. The molecule has 0 aliphatic carbocycles. The highest BCUT2D eigenvalue weighted by atomic mass is 32.1. The summed E-state index contributed by atoms with van der Waals surface area (Å²) < 4.78 is 2.19. The van der Waals surface area contributed by atoms with E-state index >= 15 is 0 Å². The molecule has 160 valence electrons. The summed E-state index contributed by atoms with van der Waals surface area (Å²) in [6, 6.07) is 17.5. The van der Waals surface area contributed by atoms with E-state index in [9.17, 15) is 4.79 Å². The van der Waals surface area contributed by atoms with Crippen molar-refractivity contribution in [1.82, 2.24) is 19.8 Å². The fourth-order valence-corrected chi connectivity index (χ4v) is 4.47. The maximum atomic E-state index is 12.6. The Morgan fingerprint density at radius 2 is 1.90 bits per heavy atom. The lowest BCUT2D eigenvalue weighted by Crippen LogP contribution is -2.32. The van der Waals surface area contributed by atoms with Gasteiger partial charge in [0.25, 0.3) is 0 Å². The van der Waals surface area contributed by atoms with Gasteiger partial charge in [-0.25, -0.2) is 0 Å². The maximum absolute atomic E-state index is 12.6. The van der Waals surface area contributed by atoms with Gasteiger partial charge in [-0.3, -0.25) is 9.78 Å². The van der Waals surface area contributed by atoms with Crippen molar-refractivity contribution in [2.24, 2.45) is 7.05 Å². The molecular weight excluding hydrogens is 406 g/mol. The highest BCUT2D eigenvalue weighted by molar-refractivity contribution is 7.80. The molecule has 31 heavy (non-hydrogen) atoms. The van der Waals surface area contributed by atoms with Gasteiger partial charge < -0.3 is 20.1 Å². The highest BCUT2D eigenvalue weighted by Gasteiger charge is 2.41. The van der Waals surface area contributed by atoms with Crippen LogP contribution in [0.2, 0.25) is 0 Å². The quantitative estimate of drug-likeness (QED) is 0.575. The van der Waals surface area contributed by atoms with Crippen LogP contribution in [-0.2, 0) is 11.8 Å². The molecule has 1 aliphatic heterocycles. The van der Waals surface area contributed by atoms with Gasteiger partial charge >= 0.3 is 0 Å². The minimum atomic E-state index is -0.0774. The molecule has 7 heteroatoms. The van der Waals surface area contributed by atoms with Crippen molar-refractivity contribution in [2.45, 2.75) is 32.4 Å². The van der Waals surface area contributed by atoms with Gasteiger partial charge in [0.05, 0.1) is 17.8 Å². The number of thiocarbonyl (C=S) groups is 1. The smallest absolute Gasteiger partial charge is 0.226 e. The van der Waals surface area contributed by atoms with Crippen LogP contribution in [0.15, 0.2) is 60.8 Å². The average molecular weight is 434 g/mol. The number of amides is 1. The molecule has 0 unspecified atom stereocenters. The van der Waals surface area contributed by atoms with Crippen molar-refractivity contribution in [3.8, 4) is 0 Å². The SMILES string of the molecule is Cc1cc([C@H]2[C@@H](c3ccccn3)NC(=S)N2CCC(=O)Nc2ccccc2)c(C)n1C. The third-order valence-electron chi connectivity index (χ3n) is 5.97. The normalized spacial score (nSPS) is 18.2. The number of carbonyl (C=O) groups is 1. The number of pyridine rings is 1. The molecule has 0 radical (unpaired) electrons. The Bertz CT molecular complexity index is 1080. The van der Waals surface area contributed by atoms with Crippen LogP contribution < -0.4 is 10.6 Å². The number of rotatable bonds is 6. The first-order valence-electron chi connectivity index (χ1n) is 10.4. The second-order valence-electron chi connectivity index (χ2n) is 7.87. The molecule has 1 amide bonds. The lowest BCUT2D eigenvalue weighted by atomic mass is 9.96. The Hall–Kier alpha value is -3.19. The first-order chi connectivity index (χ1) is 15.0. The van der Waals surface area contributed by atoms with Gasteiger partial charge in [0, 0.05) is 43.3 Å². The van der Waals surface area contributed by atoms with Crippen LogP contribution in [0.3, 0.4) is 0 Å². The van der Waals surface area contributed by atoms with Gasteiger partial charge in [-0.15, -0.1) is 0 Å². The Labute approximate surface area is 188 Å². The lowest BCUT2D eigenvalue weighted by Gasteiger charge is -2.28. The third kappa shape index (κ3) is 4.32. The van der Waals surface area contributed by atoms with Crippen LogP contribution in [-0.4, -0.2) is 32.0 Å². The number of nitrogens with one attached hydrogen (secondary N) is 2. The minimum Gasteiger partial charge on any atom is -0.352 e. The fraction of sp³-hybridized carbons (Fsp3) is 0.292. The van der Waals surface area contributed by atoms with Gasteiger partial charge in [0.2, 0.25) is 5.91 Å². The third-order valence-corrected chi connectivity index (χ3v) is 6.32. The molecule has 3 heterocycles. The topological polar surface area (TPSA) is 62.2 Å². The number of carbonyl (C=O) groups excluding carboxylic acids is 1. The predicted octanol–water partition coefficient (Wildman–Crippen LogP) is 4.04. The van der Waals surface area contributed by atoms with Crippen LogP contribution in [0.1, 0.15) is 41.1 Å². The number of hydrogen-bond donors (Lipinski definition) is 2. The Morgan fingerprint density at radius 1 is 1.16 bits per heavy atom. The van der Waals surface area contributed by atoms with E-state index in [0.29, 0.717) is 18.1 Å². The highest BCUT2D eigenvalue weighted by Crippen LogP contribution is 2.40. The van der Waals surface area contributed by atoms with Crippen molar-refractivity contribution >= 4 is 28.9 Å². The van der Waals surface area contributed by atoms with Crippen molar-refractivity contribution in [3.63, 3.8) is 0 Å². The van der Waals surface area contributed by atoms with E-state index in [-0.39, 0.29) is 18.0 Å². The number of nitrogens with zero attached hydrogens (tertiary/aromatic N) is 3. The van der Waals surface area contributed by atoms with E-state index in [1.807, 2.05) is 48.5 Å². The number of aryl methyl sites for hydroxylation is 1. The summed E-state index contributed by atoms with van der Waals surface area (Å²) in [4.78, 5) is 19.3. The second-order valence-corrected chi connectivity index (χ2v) is 8.26. The fourth-order valence-electron chi connectivity index (χ4n) is 4.14. The van der Waals surface area contributed by atoms with Gasteiger partial charge in [-0.2, -0.15) is 0 Å². The number of benzene rings is 1. The zero-order chi connectivity index (χ0) is 22.0.